The molecular weight excluding hydrogens is 200 g/mol. The molecule has 1 heterocycles. The van der Waals surface area contributed by atoms with Crippen molar-refractivity contribution in [3.05, 3.63) is 29.5 Å². The number of aromatic nitrogens is 1. The fraction of sp³-hybridized carbons (Fsp3) is 0.400. The topological polar surface area (TPSA) is 34.5 Å². The molecule has 78 valence electrons. The average Bonchev–Trinajstić information content (AvgIpc) is 2.20. The molecule has 1 aromatic heterocycles. The minimum absolute atomic E-state index is 0.544. The molecule has 1 aromatic rings. The van der Waals surface area contributed by atoms with E-state index in [0.717, 1.165) is 12.1 Å². The van der Waals surface area contributed by atoms with E-state index in [-0.39, 0.29) is 0 Å². The summed E-state index contributed by atoms with van der Waals surface area (Å²) in [4.78, 5) is 8.23. The molecule has 0 saturated carbocycles. The Morgan fingerprint density at radius 1 is 1.57 bits per heavy atom. The third kappa shape index (κ3) is 7.55. The Hall–Kier alpha value is -1.09. The van der Waals surface area contributed by atoms with Crippen molar-refractivity contribution < 1.29 is 4.84 Å². The largest absolute Gasteiger partial charge is 0.399 e. The summed E-state index contributed by atoms with van der Waals surface area (Å²) in [6, 6.07) is 5.41. The maximum atomic E-state index is 5.43. The quantitative estimate of drug-likeness (QED) is 0.431. The highest BCUT2D eigenvalue weighted by Crippen LogP contribution is 1.98. The molecule has 4 heteroatoms. The number of halogens is 1. The van der Waals surface area contributed by atoms with E-state index < -0.39 is 0 Å². The summed E-state index contributed by atoms with van der Waals surface area (Å²) in [5, 5.41) is 4.20. The number of nitrogens with zero attached hydrogens (tertiary/aromatic N) is 2. The van der Waals surface area contributed by atoms with Crippen molar-refractivity contribution in [1.82, 2.24) is 4.98 Å². The zero-order valence-corrected chi connectivity index (χ0v) is 9.45. The zero-order chi connectivity index (χ0) is 10.8. The van der Waals surface area contributed by atoms with Crippen LogP contribution in [0.4, 0.5) is 0 Å². The maximum absolute atomic E-state index is 5.43. The van der Waals surface area contributed by atoms with Crippen molar-refractivity contribution in [2.45, 2.75) is 20.3 Å². The van der Waals surface area contributed by atoms with Crippen LogP contribution >= 0.6 is 11.6 Å². The van der Waals surface area contributed by atoms with Gasteiger partial charge in [-0.15, -0.1) is 0 Å². The first kappa shape index (κ1) is 12.9. The number of rotatable bonds is 2. The second-order valence-electron chi connectivity index (χ2n) is 2.52. The van der Waals surface area contributed by atoms with Crippen LogP contribution in [0.3, 0.4) is 0 Å². The Balaban J connectivity index is 0.000000241. The van der Waals surface area contributed by atoms with Gasteiger partial charge in [0, 0.05) is 6.20 Å². The molecule has 0 aliphatic rings. The molecule has 0 bridgehead atoms. The highest BCUT2D eigenvalue weighted by Gasteiger charge is 1.80. The van der Waals surface area contributed by atoms with Gasteiger partial charge in [-0.1, -0.05) is 29.7 Å². The lowest BCUT2D eigenvalue weighted by Gasteiger charge is -1.88. The molecule has 3 nitrogen and oxygen atoms in total. The molecule has 0 unspecified atom stereocenters. The standard InChI is InChI=1S/C5H4ClN.C5H11NO/c6-5-3-1-2-4-7-5;1-4-5(2)6-7-3/h1-4H;4H2,1-3H3/b;6-5+. The van der Waals surface area contributed by atoms with E-state index in [2.05, 4.69) is 15.0 Å². The summed E-state index contributed by atoms with van der Waals surface area (Å²) >= 11 is 5.43. The van der Waals surface area contributed by atoms with Gasteiger partial charge in [-0.25, -0.2) is 4.98 Å². The minimum atomic E-state index is 0.544. The van der Waals surface area contributed by atoms with Gasteiger partial charge in [0.05, 0.1) is 5.71 Å². The van der Waals surface area contributed by atoms with Crippen molar-refractivity contribution >= 4 is 17.3 Å². The lowest BCUT2D eigenvalue weighted by molar-refractivity contribution is 0.212. The Morgan fingerprint density at radius 2 is 2.29 bits per heavy atom. The van der Waals surface area contributed by atoms with Gasteiger partial charge in [0.15, 0.2) is 0 Å². The van der Waals surface area contributed by atoms with Gasteiger partial charge < -0.3 is 4.84 Å². The van der Waals surface area contributed by atoms with E-state index in [9.17, 15) is 0 Å². The Labute approximate surface area is 89.7 Å². The third-order valence-electron chi connectivity index (χ3n) is 1.39. The summed E-state index contributed by atoms with van der Waals surface area (Å²) < 4.78 is 0. The van der Waals surface area contributed by atoms with Crippen molar-refractivity contribution in [3.63, 3.8) is 0 Å². The normalized spacial score (nSPS) is 10.1. The maximum Gasteiger partial charge on any atom is 0.129 e. The molecule has 0 N–H and O–H groups in total. The summed E-state index contributed by atoms with van der Waals surface area (Å²) in [7, 11) is 1.55. The summed E-state index contributed by atoms with van der Waals surface area (Å²) in [6.07, 6.45) is 2.62. The van der Waals surface area contributed by atoms with Crippen molar-refractivity contribution in [2.24, 2.45) is 5.16 Å². The van der Waals surface area contributed by atoms with Gasteiger partial charge in [0.1, 0.15) is 12.3 Å². The van der Waals surface area contributed by atoms with Gasteiger partial charge in [0.2, 0.25) is 0 Å². The van der Waals surface area contributed by atoms with Crippen molar-refractivity contribution in [3.8, 4) is 0 Å². The number of pyridine rings is 1. The highest BCUT2D eigenvalue weighted by molar-refractivity contribution is 6.29. The Kier molecular flexibility index (Phi) is 7.84. The molecule has 0 radical (unpaired) electrons. The van der Waals surface area contributed by atoms with Crippen LogP contribution in [0.1, 0.15) is 20.3 Å². The van der Waals surface area contributed by atoms with E-state index in [1.807, 2.05) is 26.0 Å². The predicted octanol–water partition coefficient (Wildman–Crippen LogP) is 3.15. The summed E-state index contributed by atoms with van der Waals surface area (Å²) in [5.41, 5.74) is 1.03. The van der Waals surface area contributed by atoms with E-state index in [1.165, 1.54) is 0 Å². The molecule has 0 aromatic carbocycles. The number of hydrogen-bond acceptors (Lipinski definition) is 3. The Morgan fingerprint density at radius 3 is 2.50 bits per heavy atom. The summed E-state index contributed by atoms with van der Waals surface area (Å²) in [6.45, 7) is 3.97. The van der Waals surface area contributed by atoms with E-state index in [0.29, 0.717) is 5.15 Å². The van der Waals surface area contributed by atoms with Crippen LogP contribution in [-0.2, 0) is 4.84 Å². The van der Waals surface area contributed by atoms with Gasteiger partial charge in [-0.3, -0.25) is 0 Å². The molecule has 0 fully saturated rings. The molecule has 0 amide bonds. The van der Waals surface area contributed by atoms with E-state index >= 15 is 0 Å². The van der Waals surface area contributed by atoms with Crippen LogP contribution in [0.15, 0.2) is 29.6 Å². The van der Waals surface area contributed by atoms with E-state index in [4.69, 9.17) is 11.6 Å². The van der Waals surface area contributed by atoms with Crippen LogP contribution in [0.25, 0.3) is 0 Å². The smallest absolute Gasteiger partial charge is 0.129 e. The lowest BCUT2D eigenvalue weighted by atomic mass is 10.3. The molecule has 0 atom stereocenters. The zero-order valence-electron chi connectivity index (χ0n) is 8.70. The lowest BCUT2D eigenvalue weighted by Crippen LogP contribution is -1.86. The fourth-order valence-electron chi connectivity index (χ4n) is 0.562. The van der Waals surface area contributed by atoms with Gasteiger partial charge >= 0.3 is 0 Å². The first-order chi connectivity index (χ1) is 6.70. The fourth-order valence-corrected chi connectivity index (χ4v) is 0.691. The summed E-state index contributed by atoms with van der Waals surface area (Å²) in [5.74, 6) is 0. The van der Waals surface area contributed by atoms with Gasteiger partial charge in [0.25, 0.3) is 0 Å². The minimum Gasteiger partial charge on any atom is -0.399 e. The van der Waals surface area contributed by atoms with Gasteiger partial charge in [-0.2, -0.15) is 0 Å². The van der Waals surface area contributed by atoms with E-state index in [1.54, 1.807) is 19.4 Å². The SMILES string of the molecule is CC/C(C)=N/OC.Clc1ccccn1. The van der Waals surface area contributed by atoms with Crippen molar-refractivity contribution in [2.75, 3.05) is 7.11 Å². The first-order valence-corrected chi connectivity index (χ1v) is 4.71. The number of oxime groups is 1. The highest BCUT2D eigenvalue weighted by atomic mass is 35.5. The monoisotopic (exact) mass is 214 g/mol. The number of hydrogen-bond donors (Lipinski definition) is 0. The molecule has 1 rings (SSSR count). The second-order valence-corrected chi connectivity index (χ2v) is 2.90. The predicted molar refractivity (Wildman–Crippen MR) is 59.7 cm³/mol. The van der Waals surface area contributed by atoms with Crippen LogP contribution in [0.5, 0.6) is 0 Å². The third-order valence-corrected chi connectivity index (χ3v) is 1.61. The van der Waals surface area contributed by atoms with Crippen molar-refractivity contribution in [1.29, 1.82) is 0 Å². The molecule has 14 heavy (non-hydrogen) atoms. The van der Waals surface area contributed by atoms with Crippen LogP contribution in [-0.4, -0.2) is 17.8 Å². The second kappa shape index (κ2) is 8.51. The Bertz CT molecular complexity index is 262. The molecule has 0 spiro atoms. The first-order valence-electron chi connectivity index (χ1n) is 4.33. The van der Waals surface area contributed by atoms with Crippen LogP contribution in [0, 0.1) is 0 Å². The molecule has 0 aliphatic carbocycles. The van der Waals surface area contributed by atoms with Gasteiger partial charge in [-0.05, 0) is 25.5 Å². The molecule has 0 aliphatic heterocycles. The average molecular weight is 215 g/mol. The van der Waals surface area contributed by atoms with Crippen LogP contribution < -0.4 is 0 Å². The van der Waals surface area contributed by atoms with Crippen LogP contribution in [0.2, 0.25) is 5.15 Å². The molecular formula is C10H15ClN2O. The molecule has 0 saturated heterocycles.